The van der Waals surface area contributed by atoms with E-state index in [0.717, 1.165) is 0 Å². The quantitative estimate of drug-likeness (QED) is 0.702. The number of aromatic nitrogens is 3. The molecule has 16 heavy (non-hydrogen) atoms. The molecule has 1 unspecified atom stereocenters. The van der Waals surface area contributed by atoms with E-state index < -0.39 is 15.7 Å². The molecule has 1 aliphatic heterocycles. The van der Waals surface area contributed by atoms with Gasteiger partial charge in [-0.15, -0.1) is 0 Å². The number of carbonyl (C=O) groups is 1. The number of aromatic amines is 1. The maximum Gasteiger partial charge on any atom is 0.273 e. The molecule has 0 spiro atoms. The van der Waals surface area contributed by atoms with Gasteiger partial charge in [-0.3, -0.25) is 4.79 Å². The van der Waals surface area contributed by atoms with Gasteiger partial charge in [0, 0.05) is 6.04 Å². The fourth-order valence-electron chi connectivity index (χ4n) is 1.71. The van der Waals surface area contributed by atoms with Crippen LogP contribution in [0.5, 0.6) is 0 Å². The van der Waals surface area contributed by atoms with Crippen molar-refractivity contribution in [2.24, 2.45) is 0 Å². The van der Waals surface area contributed by atoms with Gasteiger partial charge in [0.15, 0.2) is 15.5 Å². The van der Waals surface area contributed by atoms with Gasteiger partial charge in [-0.05, 0) is 12.8 Å². The summed E-state index contributed by atoms with van der Waals surface area (Å²) in [6.07, 6.45) is 2.57. The Morgan fingerprint density at radius 2 is 2.38 bits per heavy atom. The molecule has 2 rings (SSSR count). The Morgan fingerprint density at radius 3 is 3.00 bits per heavy atom. The number of hydrogen-bond donors (Lipinski definition) is 2. The zero-order chi connectivity index (χ0) is 11.6. The first kappa shape index (κ1) is 11.1. The van der Waals surface area contributed by atoms with Crippen molar-refractivity contribution in [2.45, 2.75) is 18.9 Å². The number of rotatable bonds is 2. The second-order valence-corrected chi connectivity index (χ2v) is 6.01. The number of H-pyrrole nitrogens is 1. The lowest BCUT2D eigenvalue weighted by Gasteiger charge is -2.22. The van der Waals surface area contributed by atoms with Gasteiger partial charge in [0.1, 0.15) is 0 Å². The molecule has 0 aromatic carbocycles. The number of sulfone groups is 1. The van der Waals surface area contributed by atoms with Crippen molar-refractivity contribution in [3.05, 3.63) is 11.9 Å². The number of carbonyl (C=O) groups excluding carboxylic acids is 1. The third kappa shape index (κ3) is 2.57. The van der Waals surface area contributed by atoms with Gasteiger partial charge in [0.25, 0.3) is 5.91 Å². The summed E-state index contributed by atoms with van der Waals surface area (Å²) in [5.41, 5.74) is 0.169. The molecule has 8 heteroatoms. The summed E-state index contributed by atoms with van der Waals surface area (Å²) in [6, 6.07) is -0.317. The summed E-state index contributed by atoms with van der Waals surface area (Å²) < 4.78 is 22.7. The fraction of sp³-hybridized carbons (Fsp3) is 0.625. The van der Waals surface area contributed by atoms with E-state index in [1.54, 1.807) is 0 Å². The summed E-state index contributed by atoms with van der Waals surface area (Å²) in [7, 11) is -3.00. The highest BCUT2D eigenvalue weighted by atomic mass is 32.2. The molecule has 1 atom stereocenters. The maximum absolute atomic E-state index is 11.6. The van der Waals surface area contributed by atoms with Crippen LogP contribution in [0.3, 0.4) is 0 Å². The predicted molar refractivity (Wildman–Crippen MR) is 55.5 cm³/mol. The lowest BCUT2D eigenvalue weighted by atomic mass is 10.2. The van der Waals surface area contributed by atoms with Gasteiger partial charge in [0.05, 0.1) is 17.7 Å². The Balaban J connectivity index is 1.98. The van der Waals surface area contributed by atoms with Crippen LogP contribution in [0.2, 0.25) is 0 Å². The minimum absolute atomic E-state index is 0.0105. The van der Waals surface area contributed by atoms with Gasteiger partial charge >= 0.3 is 0 Å². The molecule has 1 fully saturated rings. The van der Waals surface area contributed by atoms with Crippen molar-refractivity contribution in [3.63, 3.8) is 0 Å². The smallest absolute Gasteiger partial charge is 0.273 e. The standard InChI is InChI=1S/C8H12N4O3S/c13-8(7-4-9-12-11-7)10-6-2-1-3-16(14,15)5-6/h4,6H,1-3,5H2,(H,10,13)(H,9,11,12). The molecule has 0 radical (unpaired) electrons. The molecule has 1 aromatic heterocycles. The summed E-state index contributed by atoms with van der Waals surface area (Å²) in [6.45, 7) is 0. The fourth-order valence-corrected chi connectivity index (χ4v) is 3.34. The topological polar surface area (TPSA) is 105 Å². The molecule has 2 heterocycles. The van der Waals surface area contributed by atoms with Crippen molar-refractivity contribution in [3.8, 4) is 0 Å². The second kappa shape index (κ2) is 4.20. The van der Waals surface area contributed by atoms with Crippen molar-refractivity contribution in [1.29, 1.82) is 0 Å². The van der Waals surface area contributed by atoms with E-state index >= 15 is 0 Å². The number of nitrogens with one attached hydrogen (secondary N) is 2. The largest absolute Gasteiger partial charge is 0.347 e. The Kier molecular flexibility index (Phi) is 2.90. The molecule has 0 saturated carbocycles. The maximum atomic E-state index is 11.6. The van der Waals surface area contributed by atoms with Gasteiger partial charge in [-0.25, -0.2) is 8.42 Å². The van der Waals surface area contributed by atoms with Gasteiger partial charge in [-0.1, -0.05) is 0 Å². The molecule has 1 aliphatic rings. The highest BCUT2D eigenvalue weighted by Gasteiger charge is 2.26. The van der Waals surface area contributed by atoms with Crippen LogP contribution in [0, 0.1) is 0 Å². The van der Waals surface area contributed by atoms with E-state index in [4.69, 9.17) is 0 Å². The van der Waals surface area contributed by atoms with Gasteiger partial charge < -0.3 is 5.32 Å². The zero-order valence-electron chi connectivity index (χ0n) is 8.51. The van der Waals surface area contributed by atoms with Crippen LogP contribution < -0.4 is 5.32 Å². The summed E-state index contributed by atoms with van der Waals surface area (Å²) in [5.74, 6) is -0.171. The van der Waals surface area contributed by atoms with Crippen LogP contribution >= 0.6 is 0 Å². The van der Waals surface area contributed by atoms with Gasteiger partial charge in [-0.2, -0.15) is 15.4 Å². The minimum Gasteiger partial charge on any atom is -0.347 e. The second-order valence-electron chi connectivity index (χ2n) is 3.78. The van der Waals surface area contributed by atoms with Crippen molar-refractivity contribution < 1.29 is 13.2 Å². The average molecular weight is 244 g/mol. The van der Waals surface area contributed by atoms with E-state index in [0.29, 0.717) is 12.8 Å². The van der Waals surface area contributed by atoms with Crippen molar-refractivity contribution >= 4 is 15.7 Å². The number of amides is 1. The third-order valence-electron chi connectivity index (χ3n) is 2.45. The van der Waals surface area contributed by atoms with Crippen LogP contribution in [-0.2, 0) is 9.84 Å². The Labute approximate surface area is 92.5 Å². The molecule has 88 valence electrons. The highest BCUT2D eigenvalue weighted by molar-refractivity contribution is 7.91. The molecule has 1 aromatic rings. The molecule has 7 nitrogen and oxygen atoms in total. The molecular weight excluding hydrogens is 232 g/mol. The van der Waals surface area contributed by atoms with Crippen molar-refractivity contribution in [2.75, 3.05) is 11.5 Å². The third-order valence-corrected chi connectivity index (χ3v) is 4.27. The first-order valence-corrected chi connectivity index (χ1v) is 6.76. The lowest BCUT2D eigenvalue weighted by molar-refractivity contribution is 0.0933. The molecule has 1 amide bonds. The summed E-state index contributed by atoms with van der Waals surface area (Å²) >= 11 is 0. The molecule has 2 N–H and O–H groups in total. The van der Waals surface area contributed by atoms with Crippen LogP contribution in [-0.4, -0.2) is 47.3 Å². The Hall–Kier alpha value is -1.44. The van der Waals surface area contributed by atoms with E-state index in [9.17, 15) is 13.2 Å². The average Bonchev–Trinajstić information content (AvgIpc) is 2.68. The van der Waals surface area contributed by atoms with Gasteiger partial charge in [0.2, 0.25) is 0 Å². The molecule has 0 bridgehead atoms. The highest BCUT2D eigenvalue weighted by Crippen LogP contribution is 2.12. The summed E-state index contributed by atoms with van der Waals surface area (Å²) in [4.78, 5) is 11.6. The monoisotopic (exact) mass is 244 g/mol. The van der Waals surface area contributed by atoms with E-state index in [-0.39, 0.29) is 23.2 Å². The van der Waals surface area contributed by atoms with E-state index in [2.05, 4.69) is 20.7 Å². The van der Waals surface area contributed by atoms with Crippen LogP contribution in [0.4, 0.5) is 0 Å². The van der Waals surface area contributed by atoms with Crippen molar-refractivity contribution in [1.82, 2.24) is 20.7 Å². The van der Waals surface area contributed by atoms with E-state index in [1.807, 2.05) is 0 Å². The molecule has 1 saturated heterocycles. The molecular formula is C8H12N4O3S. The molecule has 0 aliphatic carbocycles. The Bertz CT molecular complexity index is 467. The van der Waals surface area contributed by atoms with E-state index in [1.165, 1.54) is 6.20 Å². The normalized spacial score (nSPS) is 23.9. The minimum atomic E-state index is -3.00. The number of hydrogen-bond acceptors (Lipinski definition) is 5. The van der Waals surface area contributed by atoms with Crippen LogP contribution in [0.1, 0.15) is 23.3 Å². The predicted octanol–water partition coefficient (Wildman–Crippen LogP) is -0.888. The lowest BCUT2D eigenvalue weighted by Crippen LogP contribution is -2.43. The first-order valence-electron chi connectivity index (χ1n) is 4.94. The zero-order valence-corrected chi connectivity index (χ0v) is 9.33. The van der Waals surface area contributed by atoms with Crippen LogP contribution in [0.25, 0.3) is 0 Å². The first-order chi connectivity index (χ1) is 7.57. The SMILES string of the molecule is O=C(NC1CCCS(=O)(=O)C1)c1cn[nH]n1. The number of nitrogens with zero attached hydrogens (tertiary/aromatic N) is 2. The van der Waals surface area contributed by atoms with Crippen LogP contribution in [0.15, 0.2) is 6.20 Å². The Morgan fingerprint density at radius 1 is 1.56 bits per heavy atom. The summed E-state index contributed by atoms with van der Waals surface area (Å²) in [5, 5.41) is 12.1.